The van der Waals surface area contributed by atoms with Crippen LogP contribution in [-0.2, 0) is 0 Å². The van der Waals surface area contributed by atoms with E-state index in [9.17, 15) is 5.11 Å². The van der Waals surface area contributed by atoms with Gasteiger partial charge in [-0.25, -0.2) is 0 Å². The Bertz CT molecular complexity index is 748. The molecule has 0 aromatic carbocycles. The smallest absolute Gasteiger partial charge is 0.0594 e. The van der Waals surface area contributed by atoms with Gasteiger partial charge in [-0.15, -0.1) is 0 Å². The van der Waals surface area contributed by atoms with Crippen molar-refractivity contribution >= 4 is 22.6 Å². The third-order valence-electron chi connectivity index (χ3n) is 10.7. The van der Waals surface area contributed by atoms with Gasteiger partial charge >= 0.3 is 0 Å². The summed E-state index contributed by atoms with van der Waals surface area (Å²) in [5.74, 6) is 3.17. The van der Waals surface area contributed by atoms with Crippen LogP contribution in [0.25, 0.3) is 0 Å². The average molecular weight is 539 g/mol. The van der Waals surface area contributed by atoms with Crippen molar-refractivity contribution in [3.63, 3.8) is 0 Å². The Hall–Kier alpha value is 0.170. The van der Waals surface area contributed by atoms with Gasteiger partial charge < -0.3 is 5.11 Å². The predicted molar refractivity (Wildman–Crippen MR) is 141 cm³/mol. The maximum atomic E-state index is 10.8. The molecule has 4 aliphatic rings. The van der Waals surface area contributed by atoms with Crippen molar-refractivity contribution in [1.82, 2.24) is 0 Å². The van der Waals surface area contributed by atoms with Gasteiger partial charge in [0.25, 0.3) is 0 Å². The Morgan fingerprint density at radius 3 is 2.48 bits per heavy atom. The van der Waals surface area contributed by atoms with Crippen LogP contribution in [0.2, 0.25) is 0 Å². The molecule has 176 valence electrons. The van der Waals surface area contributed by atoms with Gasteiger partial charge in [-0.2, -0.15) is 0 Å². The van der Waals surface area contributed by atoms with E-state index in [1.165, 1.54) is 62.2 Å². The van der Waals surface area contributed by atoms with Gasteiger partial charge in [0.05, 0.1) is 6.10 Å². The van der Waals surface area contributed by atoms with E-state index in [1.807, 2.05) is 0 Å². The molecule has 0 spiro atoms. The average Bonchev–Trinajstić information content (AvgIpc) is 3.08. The fourth-order valence-electron chi connectivity index (χ4n) is 8.64. The second-order valence-electron chi connectivity index (χ2n) is 12.9. The minimum Gasteiger partial charge on any atom is -0.393 e. The summed E-state index contributed by atoms with van der Waals surface area (Å²) >= 11 is 2.54. The third kappa shape index (κ3) is 3.92. The molecule has 1 fully saturated rings. The van der Waals surface area contributed by atoms with Crippen molar-refractivity contribution < 1.29 is 5.11 Å². The fraction of sp³-hybridized carbons (Fsp3) is 0.862. The van der Waals surface area contributed by atoms with Crippen LogP contribution < -0.4 is 0 Å². The summed E-state index contributed by atoms with van der Waals surface area (Å²) < 4.78 is 1.30. The first kappa shape index (κ1) is 24.3. The highest BCUT2D eigenvalue weighted by atomic mass is 127. The summed E-state index contributed by atoms with van der Waals surface area (Å²) in [6, 6.07) is 0. The van der Waals surface area contributed by atoms with Crippen molar-refractivity contribution in [1.29, 1.82) is 0 Å². The first-order valence-corrected chi connectivity index (χ1v) is 14.8. The summed E-state index contributed by atoms with van der Waals surface area (Å²) in [6.07, 6.45) is 15.4. The first-order chi connectivity index (χ1) is 14.6. The van der Waals surface area contributed by atoms with Gasteiger partial charge in [0.2, 0.25) is 0 Å². The van der Waals surface area contributed by atoms with Gasteiger partial charge in [-0.1, -0.05) is 88.6 Å². The van der Waals surface area contributed by atoms with Crippen LogP contribution in [0.4, 0.5) is 0 Å². The molecule has 0 saturated heterocycles. The number of hydrogen-bond acceptors (Lipinski definition) is 1. The Morgan fingerprint density at radius 2 is 1.77 bits per heavy atom. The largest absolute Gasteiger partial charge is 0.393 e. The summed E-state index contributed by atoms with van der Waals surface area (Å²) in [5, 5.41) is 10.8. The number of aliphatic hydroxyl groups excluding tert-OH is 1. The van der Waals surface area contributed by atoms with E-state index in [1.54, 1.807) is 16.7 Å². The van der Waals surface area contributed by atoms with E-state index in [0.717, 1.165) is 24.2 Å². The lowest BCUT2D eigenvalue weighted by Gasteiger charge is -2.59. The molecule has 0 bridgehead atoms. The number of fused-ring (bicyclic) bond motifs is 4. The highest BCUT2D eigenvalue weighted by molar-refractivity contribution is 14.1. The minimum atomic E-state index is -0.132. The summed E-state index contributed by atoms with van der Waals surface area (Å²) in [5.41, 5.74) is 6.08. The van der Waals surface area contributed by atoms with Gasteiger partial charge in [-0.3, -0.25) is 0 Å². The van der Waals surface area contributed by atoms with Crippen LogP contribution in [0.1, 0.15) is 106 Å². The van der Waals surface area contributed by atoms with E-state index in [0.29, 0.717) is 16.7 Å². The van der Waals surface area contributed by atoms with E-state index >= 15 is 0 Å². The number of allylic oxidation sites excluding steroid dienone is 4. The molecule has 1 N–H and O–H groups in total. The Balaban J connectivity index is 1.54. The molecule has 31 heavy (non-hydrogen) atoms. The zero-order valence-electron chi connectivity index (χ0n) is 21.1. The topological polar surface area (TPSA) is 20.2 Å². The lowest BCUT2D eigenvalue weighted by molar-refractivity contribution is -0.0905. The van der Waals surface area contributed by atoms with Crippen LogP contribution >= 0.6 is 22.6 Å². The zero-order valence-corrected chi connectivity index (χ0v) is 23.2. The van der Waals surface area contributed by atoms with E-state index in [2.05, 4.69) is 70.2 Å². The van der Waals surface area contributed by atoms with Crippen molar-refractivity contribution in [3.8, 4) is 0 Å². The highest BCUT2D eigenvalue weighted by Gasteiger charge is 2.57. The van der Waals surface area contributed by atoms with Crippen molar-refractivity contribution in [3.05, 3.63) is 22.8 Å². The SMILES string of the molecule is C[C@@H](CI)CCC[C@@H](C)[C@H]1CC=C2C3=C(CC[C@@]21C)[C@@]1(C)CC[C@H](O)C(C)(C)[C@@H]1CC3. The molecule has 0 heterocycles. The molecule has 0 aromatic rings. The normalized spacial score (nSPS) is 41.2. The van der Waals surface area contributed by atoms with Gasteiger partial charge in [0.15, 0.2) is 0 Å². The predicted octanol–water partition coefficient (Wildman–Crippen LogP) is 8.50. The van der Waals surface area contributed by atoms with Crippen LogP contribution in [0, 0.1) is 39.9 Å². The molecular weight excluding hydrogens is 491 g/mol. The summed E-state index contributed by atoms with van der Waals surface area (Å²) in [4.78, 5) is 0. The number of rotatable bonds is 6. The fourth-order valence-corrected chi connectivity index (χ4v) is 9.08. The second-order valence-corrected chi connectivity index (χ2v) is 13.8. The molecule has 1 nitrogen and oxygen atoms in total. The number of alkyl halides is 1. The molecule has 2 heteroatoms. The lowest BCUT2D eigenvalue weighted by atomic mass is 9.46. The molecule has 7 atom stereocenters. The molecule has 0 unspecified atom stereocenters. The zero-order chi connectivity index (χ0) is 22.6. The maximum Gasteiger partial charge on any atom is 0.0594 e. The molecule has 1 saturated carbocycles. The first-order valence-electron chi connectivity index (χ1n) is 13.2. The van der Waals surface area contributed by atoms with E-state index in [4.69, 9.17) is 0 Å². The monoisotopic (exact) mass is 538 g/mol. The molecule has 0 aromatic heterocycles. The van der Waals surface area contributed by atoms with Crippen molar-refractivity contribution in [2.24, 2.45) is 39.9 Å². The summed E-state index contributed by atoms with van der Waals surface area (Å²) in [6.45, 7) is 14.8. The van der Waals surface area contributed by atoms with Crippen molar-refractivity contribution in [2.45, 2.75) is 112 Å². The highest BCUT2D eigenvalue weighted by Crippen LogP contribution is 2.66. The molecular formula is C29H47IO. The quantitative estimate of drug-likeness (QED) is 0.266. The van der Waals surface area contributed by atoms with Gasteiger partial charge in [-0.05, 0) is 102 Å². The molecule has 4 aliphatic carbocycles. The lowest BCUT2D eigenvalue weighted by Crippen LogP contribution is -2.53. The van der Waals surface area contributed by atoms with Gasteiger partial charge in [0, 0.05) is 4.43 Å². The second kappa shape index (κ2) is 8.75. The Labute approximate surface area is 206 Å². The van der Waals surface area contributed by atoms with Crippen LogP contribution in [0.5, 0.6) is 0 Å². The van der Waals surface area contributed by atoms with Gasteiger partial charge in [0.1, 0.15) is 0 Å². The number of halogens is 1. The van der Waals surface area contributed by atoms with Crippen LogP contribution in [0.3, 0.4) is 0 Å². The molecule has 0 radical (unpaired) electrons. The Morgan fingerprint density at radius 1 is 1.03 bits per heavy atom. The van der Waals surface area contributed by atoms with Crippen LogP contribution in [0.15, 0.2) is 22.8 Å². The van der Waals surface area contributed by atoms with E-state index < -0.39 is 0 Å². The number of hydrogen-bond donors (Lipinski definition) is 1. The number of aliphatic hydroxyl groups is 1. The molecule has 4 rings (SSSR count). The van der Waals surface area contributed by atoms with Crippen LogP contribution in [-0.4, -0.2) is 15.6 Å². The summed E-state index contributed by atoms with van der Waals surface area (Å²) in [7, 11) is 0. The maximum absolute atomic E-state index is 10.8. The third-order valence-corrected chi connectivity index (χ3v) is 12.2. The van der Waals surface area contributed by atoms with Crippen molar-refractivity contribution in [2.75, 3.05) is 4.43 Å². The molecule has 0 amide bonds. The Kier molecular flexibility index (Phi) is 6.86. The minimum absolute atomic E-state index is 0.0441. The standard InChI is InChI=1S/C29H47IO/c1-19(18-30)8-7-9-20(2)22-11-12-23-21-10-13-25-27(3,4)26(31)15-17-29(25,6)24(21)14-16-28(22,23)5/h12,19-20,22,25-26,31H,7-11,13-18H2,1-6H3/t19-,20-,22-,25+,26+,28-,29-/m1/s1. The van der Waals surface area contributed by atoms with E-state index in [-0.39, 0.29) is 11.5 Å². The molecule has 0 aliphatic heterocycles.